The average Bonchev–Trinajstić information content (AvgIpc) is 2.76. The minimum Gasteiger partial charge on any atom is -0.484 e. The lowest BCUT2D eigenvalue weighted by atomic mass is 10.1. The molecule has 0 heterocycles. The zero-order valence-corrected chi connectivity index (χ0v) is 17.9. The Labute approximate surface area is 189 Å². The van der Waals surface area contributed by atoms with E-state index in [2.05, 4.69) is 15.8 Å². The van der Waals surface area contributed by atoms with Crippen molar-refractivity contribution in [2.75, 3.05) is 11.9 Å². The van der Waals surface area contributed by atoms with Crippen molar-refractivity contribution in [3.63, 3.8) is 0 Å². The fourth-order valence-corrected chi connectivity index (χ4v) is 2.87. The molecule has 3 aromatic carbocycles. The van der Waals surface area contributed by atoms with Gasteiger partial charge in [-0.3, -0.25) is 9.59 Å². The largest absolute Gasteiger partial charge is 0.484 e. The highest BCUT2D eigenvalue weighted by molar-refractivity contribution is 6.42. The van der Waals surface area contributed by atoms with E-state index in [9.17, 15) is 9.59 Å². The first kappa shape index (κ1) is 22.3. The molecule has 0 aliphatic carbocycles. The van der Waals surface area contributed by atoms with Crippen LogP contribution in [0.4, 0.5) is 5.69 Å². The van der Waals surface area contributed by atoms with Gasteiger partial charge in [0, 0.05) is 5.69 Å². The first-order chi connectivity index (χ1) is 15.0. The number of amides is 2. The number of carbonyl (C=O) groups is 2. The molecule has 3 aromatic rings. The van der Waals surface area contributed by atoms with Crippen LogP contribution in [0.2, 0.25) is 10.0 Å². The second-order valence-corrected chi connectivity index (χ2v) is 7.30. The lowest BCUT2D eigenvalue weighted by molar-refractivity contribution is -0.120. The van der Waals surface area contributed by atoms with Gasteiger partial charge in [-0.25, -0.2) is 5.43 Å². The van der Waals surface area contributed by atoms with Crippen molar-refractivity contribution < 1.29 is 14.3 Å². The standard InChI is InChI=1S/C23H19Cl2N3O3/c24-20-11-8-18(13-21(20)25)27-23(30)15-31-19-9-6-17(7-10-19)14-26-28-22(29)12-16-4-2-1-3-5-16/h1-11,13-14H,12,15H2,(H,27,30)(H,28,29)/b26-14+. The molecule has 0 saturated heterocycles. The van der Waals surface area contributed by atoms with Gasteiger partial charge in [0.05, 0.1) is 22.7 Å². The first-order valence-corrected chi connectivity index (χ1v) is 10.1. The molecule has 3 rings (SSSR count). The molecule has 8 heteroatoms. The third-order valence-corrected chi connectivity index (χ3v) is 4.80. The molecule has 0 aromatic heterocycles. The number of ether oxygens (including phenoxy) is 1. The molecule has 0 bridgehead atoms. The van der Waals surface area contributed by atoms with Crippen molar-refractivity contribution in [2.24, 2.45) is 5.10 Å². The Morgan fingerprint density at radius 2 is 1.65 bits per heavy atom. The van der Waals surface area contributed by atoms with Crippen LogP contribution in [0, 0.1) is 0 Å². The van der Waals surface area contributed by atoms with Crippen LogP contribution in [0.1, 0.15) is 11.1 Å². The monoisotopic (exact) mass is 455 g/mol. The SMILES string of the molecule is O=C(Cc1ccccc1)N/N=C/c1ccc(OCC(=O)Nc2ccc(Cl)c(Cl)c2)cc1. The van der Waals surface area contributed by atoms with Gasteiger partial charge < -0.3 is 10.1 Å². The molecule has 158 valence electrons. The molecule has 6 nitrogen and oxygen atoms in total. The Kier molecular flexibility index (Phi) is 8.04. The molecule has 0 radical (unpaired) electrons. The zero-order chi connectivity index (χ0) is 22.1. The van der Waals surface area contributed by atoms with Gasteiger partial charge in [-0.15, -0.1) is 0 Å². The van der Waals surface area contributed by atoms with Gasteiger partial charge in [-0.2, -0.15) is 5.10 Å². The van der Waals surface area contributed by atoms with Crippen LogP contribution in [0.25, 0.3) is 0 Å². The van der Waals surface area contributed by atoms with E-state index in [4.69, 9.17) is 27.9 Å². The third-order valence-electron chi connectivity index (χ3n) is 4.06. The Bertz CT molecular complexity index is 1070. The summed E-state index contributed by atoms with van der Waals surface area (Å²) in [5.41, 5.74) is 4.71. The van der Waals surface area contributed by atoms with Gasteiger partial charge in [-0.05, 0) is 53.6 Å². The molecule has 0 atom stereocenters. The molecule has 2 amide bonds. The Balaban J connectivity index is 1.43. The fourth-order valence-electron chi connectivity index (χ4n) is 2.57. The maximum absolute atomic E-state index is 12.0. The molecule has 0 saturated carbocycles. The summed E-state index contributed by atoms with van der Waals surface area (Å²) in [4.78, 5) is 23.9. The van der Waals surface area contributed by atoms with Crippen LogP contribution in [-0.2, 0) is 16.0 Å². The van der Waals surface area contributed by atoms with E-state index in [-0.39, 0.29) is 24.8 Å². The second kappa shape index (κ2) is 11.2. The number of carbonyl (C=O) groups excluding carboxylic acids is 2. The van der Waals surface area contributed by atoms with Crippen molar-refractivity contribution in [3.8, 4) is 5.75 Å². The van der Waals surface area contributed by atoms with Gasteiger partial charge in [0.1, 0.15) is 5.75 Å². The Morgan fingerprint density at radius 3 is 2.35 bits per heavy atom. The van der Waals surface area contributed by atoms with Gasteiger partial charge in [-0.1, -0.05) is 53.5 Å². The topological polar surface area (TPSA) is 79.8 Å². The van der Waals surface area contributed by atoms with Crippen LogP contribution in [0.5, 0.6) is 5.75 Å². The van der Waals surface area contributed by atoms with Crippen LogP contribution >= 0.6 is 23.2 Å². The van der Waals surface area contributed by atoms with Gasteiger partial charge in [0.25, 0.3) is 5.91 Å². The molecule has 0 spiro atoms. The lowest BCUT2D eigenvalue weighted by Crippen LogP contribution is -2.20. The summed E-state index contributed by atoms with van der Waals surface area (Å²) >= 11 is 11.8. The molecule has 0 aliphatic rings. The number of halogens is 2. The van der Waals surface area contributed by atoms with Crippen LogP contribution < -0.4 is 15.5 Å². The van der Waals surface area contributed by atoms with Crippen LogP contribution in [-0.4, -0.2) is 24.6 Å². The number of hydrogen-bond donors (Lipinski definition) is 2. The number of nitrogens with one attached hydrogen (secondary N) is 2. The summed E-state index contributed by atoms with van der Waals surface area (Å²) < 4.78 is 5.47. The maximum Gasteiger partial charge on any atom is 0.262 e. The Hall–Kier alpha value is -3.35. The summed E-state index contributed by atoms with van der Waals surface area (Å²) in [6, 6.07) is 21.2. The highest BCUT2D eigenvalue weighted by Crippen LogP contribution is 2.25. The number of nitrogens with zero attached hydrogens (tertiary/aromatic N) is 1. The van der Waals surface area contributed by atoms with Gasteiger partial charge >= 0.3 is 0 Å². The van der Waals surface area contributed by atoms with E-state index < -0.39 is 0 Å². The van der Waals surface area contributed by atoms with Gasteiger partial charge in [0.2, 0.25) is 5.91 Å². The number of hydrazone groups is 1. The average molecular weight is 456 g/mol. The van der Waals surface area contributed by atoms with Crippen LogP contribution in [0.3, 0.4) is 0 Å². The van der Waals surface area contributed by atoms with E-state index in [1.165, 1.54) is 6.21 Å². The minimum atomic E-state index is -0.329. The zero-order valence-electron chi connectivity index (χ0n) is 16.3. The number of benzene rings is 3. The smallest absolute Gasteiger partial charge is 0.262 e. The second-order valence-electron chi connectivity index (χ2n) is 6.49. The highest BCUT2D eigenvalue weighted by atomic mass is 35.5. The quantitative estimate of drug-likeness (QED) is 0.381. The summed E-state index contributed by atoms with van der Waals surface area (Å²) in [5, 5.41) is 7.40. The number of anilines is 1. The predicted octanol–water partition coefficient (Wildman–Crippen LogP) is 4.70. The van der Waals surface area contributed by atoms with Crippen molar-refractivity contribution in [2.45, 2.75) is 6.42 Å². The van der Waals surface area contributed by atoms with Crippen molar-refractivity contribution in [1.29, 1.82) is 0 Å². The number of rotatable bonds is 8. The first-order valence-electron chi connectivity index (χ1n) is 9.33. The van der Waals surface area contributed by atoms with E-state index in [1.807, 2.05) is 30.3 Å². The van der Waals surface area contributed by atoms with E-state index in [1.54, 1.807) is 42.5 Å². The summed E-state index contributed by atoms with van der Waals surface area (Å²) in [7, 11) is 0. The molecular weight excluding hydrogens is 437 g/mol. The van der Waals surface area contributed by atoms with Crippen molar-refractivity contribution in [1.82, 2.24) is 5.43 Å². The molecule has 31 heavy (non-hydrogen) atoms. The fraction of sp³-hybridized carbons (Fsp3) is 0.0870. The lowest BCUT2D eigenvalue weighted by Gasteiger charge is -2.08. The van der Waals surface area contributed by atoms with Crippen molar-refractivity contribution >= 4 is 46.9 Å². The summed E-state index contributed by atoms with van der Waals surface area (Å²) in [6.45, 7) is -0.163. The third kappa shape index (κ3) is 7.44. The van der Waals surface area contributed by atoms with Gasteiger partial charge in [0.15, 0.2) is 6.61 Å². The molecule has 0 fully saturated rings. The van der Waals surface area contributed by atoms with E-state index >= 15 is 0 Å². The summed E-state index contributed by atoms with van der Waals surface area (Å²) in [5.74, 6) is -0.00454. The van der Waals surface area contributed by atoms with Crippen molar-refractivity contribution in [3.05, 3.63) is 94.0 Å². The molecular formula is C23H19Cl2N3O3. The molecule has 0 unspecified atom stereocenters. The van der Waals surface area contributed by atoms with Crippen LogP contribution in [0.15, 0.2) is 77.9 Å². The maximum atomic E-state index is 12.0. The molecule has 0 aliphatic heterocycles. The van der Waals surface area contributed by atoms with E-state index in [0.717, 1.165) is 11.1 Å². The normalized spacial score (nSPS) is 10.6. The van der Waals surface area contributed by atoms with E-state index in [0.29, 0.717) is 21.5 Å². The highest BCUT2D eigenvalue weighted by Gasteiger charge is 2.06. The predicted molar refractivity (Wildman–Crippen MR) is 123 cm³/mol. The molecule has 2 N–H and O–H groups in total. The minimum absolute atomic E-state index is 0.163. The number of hydrogen-bond acceptors (Lipinski definition) is 4. The Morgan fingerprint density at radius 1 is 0.903 bits per heavy atom. The summed E-state index contributed by atoms with van der Waals surface area (Å²) in [6.07, 6.45) is 1.79.